The lowest BCUT2D eigenvalue weighted by molar-refractivity contribution is 0.0656. The van der Waals surface area contributed by atoms with Gasteiger partial charge in [0.2, 0.25) is 0 Å². The van der Waals surface area contributed by atoms with Gasteiger partial charge in [-0.2, -0.15) is 0 Å². The smallest absolute Gasteiger partial charge is 0.131 e. The van der Waals surface area contributed by atoms with Gasteiger partial charge in [-0.1, -0.05) is 17.7 Å². The van der Waals surface area contributed by atoms with Crippen LogP contribution in [0.25, 0.3) is 0 Å². The number of hydrogen-bond acceptors (Lipinski definition) is 0. The predicted molar refractivity (Wildman–Crippen MR) is 88.2 cm³/mol. The minimum Gasteiger partial charge on any atom is -0.244 e. The van der Waals surface area contributed by atoms with Gasteiger partial charge in [0.1, 0.15) is 12.3 Å². The molecule has 0 aromatic carbocycles. The molecule has 0 aromatic rings. The maximum Gasteiger partial charge on any atom is 0.131 e. The summed E-state index contributed by atoms with van der Waals surface area (Å²) in [4.78, 5) is 0. The highest BCUT2D eigenvalue weighted by Crippen LogP contribution is 2.43. The van der Waals surface area contributed by atoms with Gasteiger partial charge in [-0.05, 0) is 87.9 Å². The molecule has 0 nitrogen and oxygen atoms in total. The largest absolute Gasteiger partial charge is 0.244 e. The average Bonchev–Trinajstić information content (AvgIpc) is 2.58. The van der Waals surface area contributed by atoms with E-state index in [0.717, 1.165) is 24.7 Å². The molecule has 3 aliphatic rings. The van der Waals surface area contributed by atoms with Crippen LogP contribution in [0.5, 0.6) is 0 Å². The number of halogens is 2. The standard InChI is InChI=1S/C20H30F2/c1-2-14-3-5-15(6-4-14)16-7-9-17(10-8-16)18-11-12-19(21)20(22)13-18/h2,7,14-15,17-20H,1,3-6,8-13H2. The van der Waals surface area contributed by atoms with Crippen LogP contribution in [0.1, 0.15) is 64.2 Å². The van der Waals surface area contributed by atoms with E-state index >= 15 is 0 Å². The van der Waals surface area contributed by atoms with Crippen molar-refractivity contribution in [1.29, 1.82) is 0 Å². The first kappa shape index (κ1) is 16.2. The number of hydrogen-bond donors (Lipinski definition) is 0. The molecule has 0 spiro atoms. The molecule has 0 radical (unpaired) electrons. The fraction of sp³-hybridized carbons (Fsp3) is 0.800. The van der Waals surface area contributed by atoms with Gasteiger partial charge in [0, 0.05) is 0 Å². The third-order valence-electron chi connectivity index (χ3n) is 6.52. The van der Waals surface area contributed by atoms with E-state index in [1.54, 1.807) is 5.57 Å². The molecule has 124 valence electrons. The molecule has 0 heterocycles. The Morgan fingerprint density at radius 1 is 0.909 bits per heavy atom. The summed E-state index contributed by atoms with van der Waals surface area (Å²) in [6, 6.07) is 0. The Labute approximate surface area is 134 Å². The van der Waals surface area contributed by atoms with Gasteiger partial charge in [0.25, 0.3) is 0 Å². The van der Waals surface area contributed by atoms with Gasteiger partial charge in [0.15, 0.2) is 0 Å². The lowest BCUT2D eigenvalue weighted by Gasteiger charge is -2.37. The van der Waals surface area contributed by atoms with Crippen molar-refractivity contribution in [3.63, 3.8) is 0 Å². The van der Waals surface area contributed by atoms with E-state index in [9.17, 15) is 8.78 Å². The van der Waals surface area contributed by atoms with Gasteiger partial charge < -0.3 is 0 Å². The molecule has 3 rings (SSSR count). The molecule has 3 aliphatic carbocycles. The Morgan fingerprint density at radius 2 is 1.68 bits per heavy atom. The zero-order valence-corrected chi connectivity index (χ0v) is 13.7. The van der Waals surface area contributed by atoms with Crippen LogP contribution in [-0.2, 0) is 0 Å². The van der Waals surface area contributed by atoms with Gasteiger partial charge in [-0.25, -0.2) is 8.78 Å². The van der Waals surface area contributed by atoms with E-state index in [1.807, 2.05) is 0 Å². The molecule has 0 aromatic heterocycles. The van der Waals surface area contributed by atoms with Crippen molar-refractivity contribution in [2.24, 2.45) is 23.7 Å². The molecular formula is C20H30F2. The Bertz CT molecular complexity index is 406. The minimum absolute atomic E-state index is 0.413. The topological polar surface area (TPSA) is 0 Å². The lowest BCUT2D eigenvalue weighted by Crippen LogP contribution is -2.32. The van der Waals surface area contributed by atoms with E-state index in [2.05, 4.69) is 18.7 Å². The van der Waals surface area contributed by atoms with Gasteiger partial charge >= 0.3 is 0 Å². The summed E-state index contributed by atoms with van der Waals surface area (Å²) in [5, 5.41) is 0. The summed E-state index contributed by atoms with van der Waals surface area (Å²) in [6.45, 7) is 3.92. The van der Waals surface area contributed by atoms with Crippen molar-refractivity contribution in [2.45, 2.75) is 76.6 Å². The Kier molecular flexibility index (Phi) is 5.36. The molecule has 4 unspecified atom stereocenters. The molecule has 0 bridgehead atoms. The first-order valence-corrected chi connectivity index (χ1v) is 9.27. The van der Waals surface area contributed by atoms with E-state index in [0.29, 0.717) is 24.7 Å². The zero-order valence-electron chi connectivity index (χ0n) is 13.7. The second kappa shape index (κ2) is 7.27. The number of rotatable bonds is 3. The minimum atomic E-state index is -1.21. The fourth-order valence-corrected chi connectivity index (χ4v) is 4.94. The highest BCUT2D eigenvalue weighted by Gasteiger charge is 2.35. The summed E-state index contributed by atoms with van der Waals surface area (Å²) in [5.74, 6) is 2.52. The molecule has 0 aliphatic heterocycles. The summed E-state index contributed by atoms with van der Waals surface area (Å²) in [5.41, 5.74) is 1.66. The van der Waals surface area contributed by atoms with Crippen LogP contribution in [0, 0.1) is 23.7 Å². The van der Waals surface area contributed by atoms with Gasteiger partial charge in [0.05, 0.1) is 0 Å². The summed E-state index contributed by atoms with van der Waals surface area (Å²) < 4.78 is 26.9. The van der Waals surface area contributed by atoms with Crippen molar-refractivity contribution in [1.82, 2.24) is 0 Å². The SMILES string of the molecule is C=CC1CCC(C2=CCC(C3CCC(F)C(F)C3)CC2)CC1. The summed E-state index contributed by atoms with van der Waals surface area (Å²) in [6.07, 6.45) is 12.6. The third-order valence-corrected chi connectivity index (χ3v) is 6.52. The van der Waals surface area contributed by atoms with E-state index in [4.69, 9.17) is 0 Å². The Hall–Kier alpha value is -0.660. The fourth-order valence-electron chi connectivity index (χ4n) is 4.94. The van der Waals surface area contributed by atoms with Crippen LogP contribution in [0.4, 0.5) is 8.78 Å². The molecule has 2 saturated carbocycles. The second-order valence-electron chi connectivity index (χ2n) is 7.77. The number of allylic oxidation sites excluding steroid dienone is 3. The normalized spacial score (nSPS) is 43.5. The van der Waals surface area contributed by atoms with E-state index in [-0.39, 0.29) is 0 Å². The van der Waals surface area contributed by atoms with E-state index < -0.39 is 12.3 Å². The predicted octanol–water partition coefficient (Wildman–Crippen LogP) is 6.18. The average molecular weight is 308 g/mol. The lowest BCUT2D eigenvalue weighted by atomic mass is 9.70. The van der Waals surface area contributed by atoms with Crippen molar-refractivity contribution < 1.29 is 8.78 Å². The van der Waals surface area contributed by atoms with E-state index in [1.165, 1.54) is 38.5 Å². The quantitative estimate of drug-likeness (QED) is 0.546. The van der Waals surface area contributed by atoms with Crippen LogP contribution < -0.4 is 0 Å². The van der Waals surface area contributed by atoms with Crippen LogP contribution >= 0.6 is 0 Å². The Morgan fingerprint density at radius 3 is 2.27 bits per heavy atom. The van der Waals surface area contributed by atoms with Crippen LogP contribution in [0.15, 0.2) is 24.3 Å². The Balaban J connectivity index is 1.51. The summed E-state index contributed by atoms with van der Waals surface area (Å²) >= 11 is 0. The molecule has 0 amide bonds. The highest BCUT2D eigenvalue weighted by molar-refractivity contribution is 5.12. The number of alkyl halides is 2. The first-order chi connectivity index (χ1) is 10.7. The maximum absolute atomic E-state index is 13.6. The van der Waals surface area contributed by atoms with Gasteiger partial charge in [-0.3, -0.25) is 0 Å². The van der Waals surface area contributed by atoms with Crippen molar-refractivity contribution in [3.05, 3.63) is 24.3 Å². The van der Waals surface area contributed by atoms with Crippen LogP contribution in [0.2, 0.25) is 0 Å². The van der Waals surface area contributed by atoms with Crippen LogP contribution in [-0.4, -0.2) is 12.3 Å². The van der Waals surface area contributed by atoms with Crippen molar-refractivity contribution in [2.75, 3.05) is 0 Å². The first-order valence-electron chi connectivity index (χ1n) is 9.27. The van der Waals surface area contributed by atoms with Crippen LogP contribution in [0.3, 0.4) is 0 Å². The monoisotopic (exact) mass is 308 g/mol. The molecule has 2 fully saturated rings. The van der Waals surface area contributed by atoms with Crippen molar-refractivity contribution >= 4 is 0 Å². The highest BCUT2D eigenvalue weighted by atomic mass is 19.2. The molecule has 4 atom stereocenters. The third kappa shape index (κ3) is 3.63. The summed E-state index contributed by atoms with van der Waals surface area (Å²) in [7, 11) is 0. The molecule has 0 saturated heterocycles. The zero-order chi connectivity index (χ0) is 15.5. The van der Waals surface area contributed by atoms with Gasteiger partial charge in [-0.15, -0.1) is 6.58 Å². The molecular weight excluding hydrogens is 278 g/mol. The molecule has 2 heteroatoms. The second-order valence-corrected chi connectivity index (χ2v) is 7.77. The molecule has 22 heavy (non-hydrogen) atoms. The maximum atomic E-state index is 13.6. The van der Waals surface area contributed by atoms with Crippen molar-refractivity contribution in [3.8, 4) is 0 Å². The molecule has 0 N–H and O–H groups in total.